The van der Waals surface area contributed by atoms with Crippen molar-refractivity contribution >= 4 is 39.7 Å². The highest BCUT2D eigenvalue weighted by molar-refractivity contribution is 7.11. The summed E-state index contributed by atoms with van der Waals surface area (Å²) in [6.07, 6.45) is 1.71. The number of para-hydroxylation sites is 2. The minimum absolute atomic E-state index is 0.272. The number of hydrogen-bond donors (Lipinski definition) is 3. The van der Waals surface area contributed by atoms with E-state index in [0.29, 0.717) is 11.4 Å². The molecule has 0 radical (unpaired) electrons. The van der Waals surface area contributed by atoms with Crippen LogP contribution in [0, 0.1) is 0 Å². The molecular formula is C22H18N6OS. The molecule has 2 aromatic heterocycles. The summed E-state index contributed by atoms with van der Waals surface area (Å²) in [5.74, 6) is 0. The molecule has 1 aliphatic heterocycles. The van der Waals surface area contributed by atoms with Gasteiger partial charge < -0.3 is 16.4 Å². The largest absolute Gasteiger partial charge is 0.399 e. The van der Waals surface area contributed by atoms with Crippen LogP contribution < -0.4 is 16.4 Å². The summed E-state index contributed by atoms with van der Waals surface area (Å²) in [5, 5.41) is 8.64. The van der Waals surface area contributed by atoms with E-state index in [1.807, 2.05) is 60.8 Å². The van der Waals surface area contributed by atoms with E-state index < -0.39 is 6.04 Å². The summed E-state index contributed by atoms with van der Waals surface area (Å²) < 4.78 is 0. The normalized spacial score (nSPS) is 16.4. The number of carbonyl (C=O) groups is 1. The fourth-order valence-corrected chi connectivity index (χ4v) is 4.45. The number of nitrogens with one attached hydrogen (secondary N) is 2. The molecule has 5 rings (SSSR count). The van der Waals surface area contributed by atoms with Gasteiger partial charge in [-0.2, -0.15) is 0 Å². The summed E-state index contributed by atoms with van der Waals surface area (Å²) in [7, 11) is 0. The number of nitrogen functional groups attached to an aromatic ring is 1. The number of nitrogens with zero attached hydrogens (tertiary/aromatic N) is 3. The van der Waals surface area contributed by atoms with Crippen LogP contribution >= 0.6 is 11.3 Å². The Labute approximate surface area is 176 Å². The van der Waals surface area contributed by atoms with Crippen LogP contribution in [0.5, 0.6) is 0 Å². The van der Waals surface area contributed by atoms with Crippen LogP contribution in [0.15, 0.2) is 65.8 Å². The fraction of sp³-hybridized carbons (Fsp3) is 0.0909. The Kier molecular flexibility index (Phi) is 4.40. The quantitative estimate of drug-likeness (QED) is 0.437. The number of allylic oxidation sites excluding steroid dienone is 1. The topological polar surface area (TPSA) is 106 Å². The first-order valence-electron chi connectivity index (χ1n) is 9.40. The molecule has 7 nitrogen and oxygen atoms in total. The number of aromatic nitrogens is 3. The number of urea groups is 1. The minimum atomic E-state index is -0.443. The average Bonchev–Trinajstić information content (AvgIpc) is 3.23. The maximum atomic E-state index is 12.2. The van der Waals surface area contributed by atoms with E-state index in [-0.39, 0.29) is 6.03 Å². The molecule has 0 bridgehead atoms. The van der Waals surface area contributed by atoms with Crippen LogP contribution in [0.25, 0.3) is 27.9 Å². The zero-order valence-corrected chi connectivity index (χ0v) is 16.9. The molecule has 30 heavy (non-hydrogen) atoms. The van der Waals surface area contributed by atoms with Gasteiger partial charge in [0.25, 0.3) is 0 Å². The Morgan fingerprint density at radius 3 is 2.60 bits per heavy atom. The lowest BCUT2D eigenvalue weighted by Gasteiger charge is -2.27. The Balaban J connectivity index is 1.58. The van der Waals surface area contributed by atoms with Crippen molar-refractivity contribution in [3.05, 3.63) is 76.5 Å². The second-order valence-electron chi connectivity index (χ2n) is 7.01. The summed E-state index contributed by atoms with van der Waals surface area (Å²) in [5.41, 5.74) is 12.2. The number of fused-ring (bicyclic) bond motifs is 1. The first kappa shape index (κ1) is 18.3. The van der Waals surface area contributed by atoms with Crippen LogP contribution in [0.3, 0.4) is 0 Å². The molecule has 148 valence electrons. The standard InChI is InChI=1S/C22H18N6OS/c1-12-19(21-27-18(11-30-21)13-6-8-14(23)9-7-13)20(28-22(29)25-12)17-10-24-15-4-2-3-5-16(15)26-17/h2-11,20H,23H2,1H3,(H2,25,28,29). The number of hydrogen-bond acceptors (Lipinski definition) is 6. The maximum absolute atomic E-state index is 12.2. The molecule has 0 saturated heterocycles. The second-order valence-corrected chi connectivity index (χ2v) is 7.87. The van der Waals surface area contributed by atoms with Gasteiger partial charge in [-0.1, -0.05) is 24.3 Å². The summed E-state index contributed by atoms with van der Waals surface area (Å²) >= 11 is 1.52. The Morgan fingerprint density at radius 2 is 1.80 bits per heavy atom. The van der Waals surface area contributed by atoms with Gasteiger partial charge in [-0.3, -0.25) is 4.98 Å². The van der Waals surface area contributed by atoms with Crippen molar-refractivity contribution in [1.82, 2.24) is 25.6 Å². The van der Waals surface area contributed by atoms with Gasteiger partial charge in [0.2, 0.25) is 0 Å². The van der Waals surface area contributed by atoms with Crippen LogP contribution in [-0.4, -0.2) is 21.0 Å². The Hall–Kier alpha value is -3.78. The van der Waals surface area contributed by atoms with Crippen LogP contribution in [0.4, 0.5) is 10.5 Å². The SMILES string of the molecule is CC1=C(c2nc(-c3ccc(N)cc3)cs2)C(c2cnc3ccccc3n2)NC(=O)N1. The van der Waals surface area contributed by atoms with Crippen molar-refractivity contribution in [1.29, 1.82) is 0 Å². The Morgan fingerprint density at radius 1 is 1.03 bits per heavy atom. The molecule has 0 spiro atoms. The van der Waals surface area contributed by atoms with E-state index in [2.05, 4.69) is 15.6 Å². The zero-order valence-electron chi connectivity index (χ0n) is 16.1. The van der Waals surface area contributed by atoms with Gasteiger partial charge in [0.05, 0.1) is 28.6 Å². The van der Waals surface area contributed by atoms with E-state index in [1.165, 1.54) is 11.3 Å². The molecule has 1 unspecified atom stereocenters. The number of amides is 2. The number of thiazole rings is 1. The van der Waals surface area contributed by atoms with Crippen molar-refractivity contribution in [3.8, 4) is 11.3 Å². The lowest BCUT2D eigenvalue weighted by Crippen LogP contribution is -2.43. The van der Waals surface area contributed by atoms with Crippen LogP contribution in [0.2, 0.25) is 0 Å². The predicted octanol–water partition coefficient (Wildman–Crippen LogP) is 4.12. The third-order valence-electron chi connectivity index (χ3n) is 4.97. The van der Waals surface area contributed by atoms with Crippen molar-refractivity contribution in [2.75, 3.05) is 5.73 Å². The van der Waals surface area contributed by atoms with Crippen molar-refractivity contribution in [2.24, 2.45) is 0 Å². The van der Waals surface area contributed by atoms with Crippen LogP contribution in [0.1, 0.15) is 23.7 Å². The van der Waals surface area contributed by atoms with Gasteiger partial charge in [-0.15, -0.1) is 11.3 Å². The number of nitrogens with two attached hydrogens (primary N) is 1. The third kappa shape index (κ3) is 3.27. The van der Waals surface area contributed by atoms with Gasteiger partial charge >= 0.3 is 6.03 Å². The van der Waals surface area contributed by atoms with E-state index in [0.717, 1.165) is 38.6 Å². The summed E-state index contributed by atoms with van der Waals surface area (Å²) in [4.78, 5) is 26.3. The highest BCUT2D eigenvalue weighted by atomic mass is 32.1. The molecular weight excluding hydrogens is 396 g/mol. The number of benzene rings is 2. The second kappa shape index (κ2) is 7.23. The molecule has 0 fully saturated rings. The van der Waals surface area contributed by atoms with Gasteiger partial charge in [0.15, 0.2) is 0 Å². The van der Waals surface area contributed by atoms with Crippen molar-refractivity contribution in [3.63, 3.8) is 0 Å². The van der Waals surface area contributed by atoms with Gasteiger partial charge in [-0.25, -0.2) is 14.8 Å². The van der Waals surface area contributed by atoms with Crippen molar-refractivity contribution in [2.45, 2.75) is 13.0 Å². The molecule has 4 aromatic rings. The average molecular weight is 414 g/mol. The van der Waals surface area contributed by atoms with E-state index >= 15 is 0 Å². The van der Waals surface area contributed by atoms with Gasteiger partial charge in [0.1, 0.15) is 11.0 Å². The maximum Gasteiger partial charge on any atom is 0.319 e. The number of rotatable bonds is 3. The number of carbonyl (C=O) groups excluding carboxylic acids is 1. The molecule has 0 saturated carbocycles. The highest BCUT2D eigenvalue weighted by Gasteiger charge is 2.31. The fourth-order valence-electron chi connectivity index (χ4n) is 3.49. The van der Waals surface area contributed by atoms with Gasteiger partial charge in [-0.05, 0) is 31.2 Å². The lowest BCUT2D eigenvalue weighted by molar-refractivity contribution is 0.240. The molecule has 1 aliphatic rings. The Bertz CT molecular complexity index is 1290. The summed E-state index contributed by atoms with van der Waals surface area (Å²) in [6, 6.07) is 14.6. The molecule has 1 atom stereocenters. The molecule has 8 heteroatoms. The first-order valence-corrected chi connectivity index (χ1v) is 10.3. The van der Waals surface area contributed by atoms with E-state index in [9.17, 15) is 4.79 Å². The zero-order chi connectivity index (χ0) is 20.7. The van der Waals surface area contributed by atoms with E-state index in [4.69, 9.17) is 15.7 Å². The smallest absolute Gasteiger partial charge is 0.319 e. The molecule has 3 heterocycles. The predicted molar refractivity (Wildman–Crippen MR) is 119 cm³/mol. The van der Waals surface area contributed by atoms with Gasteiger partial charge in [0, 0.05) is 27.9 Å². The monoisotopic (exact) mass is 414 g/mol. The van der Waals surface area contributed by atoms with Crippen molar-refractivity contribution < 1.29 is 4.79 Å². The molecule has 0 aliphatic carbocycles. The summed E-state index contributed by atoms with van der Waals surface area (Å²) in [6.45, 7) is 1.87. The first-order chi connectivity index (χ1) is 14.6. The highest BCUT2D eigenvalue weighted by Crippen LogP contribution is 2.37. The molecule has 2 amide bonds. The van der Waals surface area contributed by atoms with Crippen LogP contribution in [-0.2, 0) is 0 Å². The lowest BCUT2D eigenvalue weighted by atomic mass is 10.0. The third-order valence-corrected chi connectivity index (χ3v) is 5.85. The van der Waals surface area contributed by atoms with E-state index in [1.54, 1.807) is 6.20 Å². The molecule has 2 aromatic carbocycles. The minimum Gasteiger partial charge on any atom is -0.399 e. The molecule has 4 N–H and O–H groups in total. The number of anilines is 1.